The number of hydrogen-bond donors (Lipinski definition) is 5. The molecule has 0 saturated carbocycles. The number of fused-ring (bicyclic) bond motifs is 1. The molecule has 2 aromatic rings. The first kappa shape index (κ1) is 35.7. The van der Waals surface area contributed by atoms with Gasteiger partial charge < -0.3 is 20.2 Å². The molecule has 0 radical (unpaired) electrons. The van der Waals surface area contributed by atoms with Gasteiger partial charge in [0.05, 0.1) is 16.9 Å². The Balaban J connectivity index is 1.19. The average molecular weight is 701 g/mol. The lowest BCUT2D eigenvalue weighted by Gasteiger charge is -2.28. The fourth-order valence-corrected chi connectivity index (χ4v) is 9.45. The molecule has 11 nitrogen and oxygen atoms in total. The number of benzene rings is 2. The Morgan fingerprint density at radius 1 is 1.13 bits per heavy atom. The van der Waals surface area contributed by atoms with Crippen LogP contribution in [-0.4, -0.2) is 66.3 Å². The van der Waals surface area contributed by atoms with Gasteiger partial charge in [-0.15, -0.1) is 0 Å². The number of nitrogens with zero attached hydrogens (tertiary/aromatic N) is 1. The molecule has 45 heavy (non-hydrogen) atoms. The predicted octanol–water partition coefficient (Wildman–Crippen LogP) is 5.42. The summed E-state index contributed by atoms with van der Waals surface area (Å²) in [7, 11) is -7.55. The van der Waals surface area contributed by atoms with E-state index >= 15 is 0 Å². The number of anilines is 1. The lowest BCUT2D eigenvalue weighted by atomic mass is 10.1. The number of carbonyl (C=O) groups is 2. The van der Waals surface area contributed by atoms with Crippen LogP contribution < -0.4 is 14.8 Å². The van der Waals surface area contributed by atoms with Gasteiger partial charge in [0.2, 0.25) is 23.3 Å². The highest BCUT2D eigenvalue weighted by Gasteiger charge is 2.36. The standard InChI is InChI=1S/C30H42ClN4O7PS2/c1-2-3-10-28-33-24-17-23(31)27(18-26(24)44-34-28)45(41,42)32-19-22-13-11-21(12-14-22)8-5-4-6-16-43(39,40)20-29(36)35-15-7-9-25(35)30(37)38/h11-14,17-18,25,28,32-34H,2-10,15-16,19-20H2,1H3,(H,37,38)(H,39,40)/t25?,28-/m0/s1. The number of carbonyl (C=O) groups excluding carboxylic acids is 1. The van der Waals surface area contributed by atoms with Gasteiger partial charge in [0, 0.05) is 24.1 Å². The molecular formula is C30H42ClN4O7PS2. The number of hydrogen-bond acceptors (Lipinski definition) is 8. The fraction of sp³-hybridized carbons (Fsp3) is 0.533. The molecule has 2 aliphatic heterocycles. The summed E-state index contributed by atoms with van der Waals surface area (Å²) in [6.45, 7) is 2.54. The third-order valence-corrected chi connectivity index (χ3v) is 12.6. The number of halogens is 1. The average Bonchev–Trinajstić information content (AvgIpc) is 3.50. The van der Waals surface area contributed by atoms with Crippen LogP contribution in [0, 0.1) is 0 Å². The number of aliphatic carboxylic acids is 1. The molecule has 5 N–H and O–H groups in total. The zero-order valence-electron chi connectivity index (χ0n) is 25.3. The van der Waals surface area contributed by atoms with Gasteiger partial charge in [0.1, 0.15) is 17.1 Å². The van der Waals surface area contributed by atoms with E-state index < -0.39 is 41.5 Å². The van der Waals surface area contributed by atoms with Gasteiger partial charge in [-0.05, 0) is 73.7 Å². The summed E-state index contributed by atoms with van der Waals surface area (Å²) in [6, 6.07) is 9.93. The highest BCUT2D eigenvalue weighted by molar-refractivity contribution is 7.97. The Morgan fingerprint density at radius 2 is 1.87 bits per heavy atom. The fourth-order valence-electron chi connectivity index (χ4n) is 5.48. The van der Waals surface area contributed by atoms with Gasteiger partial charge in [-0.2, -0.15) is 0 Å². The largest absolute Gasteiger partial charge is 0.480 e. The Labute approximate surface area is 274 Å². The van der Waals surface area contributed by atoms with E-state index in [0.717, 1.165) is 53.8 Å². The molecule has 1 saturated heterocycles. The highest BCUT2D eigenvalue weighted by atomic mass is 35.5. The molecule has 4 rings (SSSR count). The van der Waals surface area contributed by atoms with Gasteiger partial charge in [-0.1, -0.05) is 62.1 Å². The monoisotopic (exact) mass is 700 g/mol. The Kier molecular flexibility index (Phi) is 12.8. The summed E-state index contributed by atoms with van der Waals surface area (Å²) in [4.78, 5) is 36.0. The molecule has 2 heterocycles. The second-order valence-corrected chi connectivity index (χ2v) is 17.1. The zero-order chi connectivity index (χ0) is 32.6. The number of rotatable bonds is 16. The second kappa shape index (κ2) is 16.1. The SMILES string of the molecule is CCCC[C@@H]1NSc2cc(S(=O)(=O)NCc3ccc(CCCCCP(=O)(O)CC(=O)N4CCCC4C(=O)O)cc3)c(Cl)cc2N1. The van der Waals surface area contributed by atoms with Crippen molar-refractivity contribution in [2.75, 3.05) is 24.2 Å². The third kappa shape index (κ3) is 10.2. The predicted molar refractivity (Wildman–Crippen MR) is 177 cm³/mol. The van der Waals surface area contributed by atoms with E-state index in [1.54, 1.807) is 12.1 Å². The van der Waals surface area contributed by atoms with Crippen LogP contribution in [0.5, 0.6) is 0 Å². The van der Waals surface area contributed by atoms with Gasteiger partial charge >= 0.3 is 5.97 Å². The van der Waals surface area contributed by atoms with Gasteiger partial charge in [0.15, 0.2) is 0 Å². The number of unbranched alkanes of at least 4 members (excludes halogenated alkanes) is 3. The molecule has 0 spiro atoms. The van der Waals surface area contributed by atoms with E-state index in [2.05, 4.69) is 21.7 Å². The van der Waals surface area contributed by atoms with E-state index in [1.165, 1.54) is 16.8 Å². The van der Waals surface area contributed by atoms with Crippen LogP contribution in [0.3, 0.4) is 0 Å². The quantitative estimate of drug-likeness (QED) is 0.0868. The normalized spacial score (nSPS) is 19.5. The topological polar surface area (TPSA) is 165 Å². The molecule has 1 amide bonds. The van der Waals surface area contributed by atoms with Crippen LogP contribution >= 0.6 is 30.9 Å². The summed E-state index contributed by atoms with van der Waals surface area (Å²) in [5.74, 6) is -1.65. The van der Waals surface area contributed by atoms with Crippen molar-refractivity contribution < 1.29 is 32.6 Å². The van der Waals surface area contributed by atoms with Crippen molar-refractivity contribution in [3.8, 4) is 0 Å². The van der Waals surface area contributed by atoms with Gasteiger partial charge in [-0.25, -0.2) is 22.7 Å². The van der Waals surface area contributed by atoms with Gasteiger partial charge in [0.25, 0.3) is 0 Å². The molecule has 0 aromatic heterocycles. The van der Waals surface area contributed by atoms with Gasteiger partial charge in [-0.3, -0.25) is 9.36 Å². The Morgan fingerprint density at radius 3 is 2.58 bits per heavy atom. The molecule has 2 aromatic carbocycles. The number of sulfonamides is 1. The van der Waals surface area contributed by atoms with Crippen LogP contribution in [0.25, 0.3) is 0 Å². The van der Waals surface area contributed by atoms with E-state index in [1.807, 2.05) is 24.3 Å². The number of likely N-dealkylation sites (tertiary alicyclic amines) is 1. The van der Waals surface area contributed by atoms with Crippen LogP contribution in [0.2, 0.25) is 5.02 Å². The lowest BCUT2D eigenvalue weighted by molar-refractivity contribution is -0.147. The van der Waals surface area contributed by atoms with E-state index in [4.69, 9.17) is 11.6 Å². The maximum absolute atomic E-state index is 13.1. The maximum Gasteiger partial charge on any atom is 0.326 e. The molecule has 15 heteroatoms. The first-order valence-corrected chi connectivity index (χ1v) is 20.0. The van der Waals surface area contributed by atoms with Crippen LogP contribution in [-0.2, 0) is 37.1 Å². The Bertz CT molecular complexity index is 1510. The third-order valence-electron chi connectivity index (χ3n) is 8.01. The highest BCUT2D eigenvalue weighted by Crippen LogP contribution is 2.42. The van der Waals surface area contributed by atoms with Crippen molar-refractivity contribution >= 4 is 58.5 Å². The smallest absolute Gasteiger partial charge is 0.326 e. The molecule has 2 unspecified atom stereocenters. The lowest BCUT2D eigenvalue weighted by Crippen LogP contribution is -2.41. The minimum atomic E-state index is -3.86. The summed E-state index contributed by atoms with van der Waals surface area (Å²) in [5.41, 5.74) is 2.67. The molecular weight excluding hydrogens is 659 g/mol. The summed E-state index contributed by atoms with van der Waals surface area (Å²) < 4.78 is 44.7. The molecule has 248 valence electrons. The minimum absolute atomic E-state index is 0.0167. The van der Waals surface area contributed by atoms with Crippen LogP contribution in [0.15, 0.2) is 46.2 Å². The molecule has 0 aliphatic carbocycles. The van der Waals surface area contributed by atoms with Crippen LogP contribution in [0.4, 0.5) is 5.69 Å². The number of carboxylic acids is 1. The zero-order valence-corrected chi connectivity index (χ0v) is 28.6. The summed E-state index contributed by atoms with van der Waals surface area (Å²) >= 11 is 7.80. The van der Waals surface area contributed by atoms with Crippen molar-refractivity contribution in [2.45, 2.75) is 93.3 Å². The second-order valence-electron chi connectivity index (χ2n) is 11.6. The first-order chi connectivity index (χ1) is 21.4. The maximum atomic E-state index is 13.1. The van der Waals surface area contributed by atoms with Crippen molar-refractivity contribution in [3.63, 3.8) is 0 Å². The van der Waals surface area contributed by atoms with Crippen molar-refractivity contribution in [2.24, 2.45) is 0 Å². The van der Waals surface area contributed by atoms with Crippen LogP contribution in [0.1, 0.15) is 69.4 Å². The molecule has 1 fully saturated rings. The summed E-state index contributed by atoms with van der Waals surface area (Å²) in [6.07, 6.45) is 6.37. The number of carboxylic acid groups (broad SMARTS) is 1. The molecule has 0 bridgehead atoms. The van der Waals surface area contributed by atoms with Crippen molar-refractivity contribution in [1.29, 1.82) is 0 Å². The first-order valence-electron chi connectivity index (χ1n) is 15.3. The molecule has 3 atom stereocenters. The Hall–Kier alpha value is -2.12. The van der Waals surface area contributed by atoms with E-state index in [0.29, 0.717) is 32.2 Å². The van der Waals surface area contributed by atoms with E-state index in [-0.39, 0.29) is 28.8 Å². The van der Waals surface area contributed by atoms with Crippen molar-refractivity contribution in [1.82, 2.24) is 14.3 Å². The molecule has 2 aliphatic rings. The summed E-state index contributed by atoms with van der Waals surface area (Å²) in [5, 5.41) is 12.8. The number of amides is 1. The number of nitrogens with one attached hydrogen (secondary N) is 3. The van der Waals surface area contributed by atoms with Crippen molar-refractivity contribution in [3.05, 3.63) is 52.5 Å². The minimum Gasteiger partial charge on any atom is -0.480 e. The van der Waals surface area contributed by atoms with E-state index in [9.17, 15) is 32.6 Å². The number of aryl methyl sites for hydroxylation is 1.